The Bertz CT molecular complexity index is 672. The number of rotatable bonds is 6. The summed E-state index contributed by atoms with van der Waals surface area (Å²) in [7, 11) is 0. The van der Waals surface area contributed by atoms with Crippen molar-refractivity contribution in [2.24, 2.45) is 0 Å². The van der Waals surface area contributed by atoms with Gasteiger partial charge in [0.2, 0.25) is 0 Å². The van der Waals surface area contributed by atoms with Crippen LogP contribution < -0.4 is 10.9 Å². The molecule has 0 saturated heterocycles. The molecule has 2 aromatic rings. The summed E-state index contributed by atoms with van der Waals surface area (Å²) in [6, 6.07) is 7.29. The number of hydrogen-bond acceptors (Lipinski definition) is 4. The minimum atomic E-state index is -0.150. The third-order valence-electron chi connectivity index (χ3n) is 2.84. The van der Waals surface area contributed by atoms with Crippen molar-refractivity contribution in [1.82, 2.24) is 15.3 Å². The van der Waals surface area contributed by atoms with Gasteiger partial charge in [0.25, 0.3) is 5.56 Å². The lowest BCUT2D eigenvalue weighted by atomic mass is 10.2. The van der Waals surface area contributed by atoms with Crippen LogP contribution in [0, 0.1) is 6.92 Å². The minimum Gasteiger partial charge on any atom is -0.313 e. The molecule has 4 nitrogen and oxygen atoms in total. The van der Waals surface area contributed by atoms with Crippen molar-refractivity contribution in [3.63, 3.8) is 0 Å². The Balaban J connectivity index is 2.27. The van der Waals surface area contributed by atoms with Crippen LogP contribution in [0.4, 0.5) is 0 Å². The average molecular weight is 324 g/mol. The van der Waals surface area contributed by atoms with Crippen LogP contribution in [0.15, 0.2) is 39.1 Å². The van der Waals surface area contributed by atoms with Gasteiger partial charge in [-0.1, -0.05) is 30.7 Å². The Morgan fingerprint density at radius 3 is 2.95 bits per heavy atom. The van der Waals surface area contributed by atoms with E-state index in [9.17, 15) is 4.79 Å². The van der Waals surface area contributed by atoms with Crippen LogP contribution >= 0.6 is 23.4 Å². The first kappa shape index (κ1) is 16.1. The zero-order valence-electron chi connectivity index (χ0n) is 12.1. The van der Waals surface area contributed by atoms with Crippen molar-refractivity contribution in [2.45, 2.75) is 36.9 Å². The molecule has 2 N–H and O–H groups in total. The van der Waals surface area contributed by atoms with Gasteiger partial charge in [0.1, 0.15) is 0 Å². The molecule has 21 heavy (non-hydrogen) atoms. The molecule has 0 fully saturated rings. The van der Waals surface area contributed by atoms with Crippen molar-refractivity contribution in [1.29, 1.82) is 0 Å². The molecule has 0 unspecified atom stereocenters. The topological polar surface area (TPSA) is 57.8 Å². The standard InChI is InChI=1S/C15H18ClN3OS/c1-3-7-17-9-11-5-4-6-12(16)14(11)21-15-18-10(2)8-13(20)19-15/h4-6,8,17H,3,7,9H2,1-2H3,(H,18,19,20). The molecule has 1 aromatic carbocycles. The number of nitrogens with one attached hydrogen (secondary N) is 2. The van der Waals surface area contributed by atoms with Crippen molar-refractivity contribution in [3.8, 4) is 0 Å². The van der Waals surface area contributed by atoms with Crippen LogP contribution in [0.3, 0.4) is 0 Å². The fourth-order valence-electron chi connectivity index (χ4n) is 1.90. The normalized spacial score (nSPS) is 10.8. The second kappa shape index (κ2) is 7.64. The molecule has 112 valence electrons. The van der Waals surface area contributed by atoms with Crippen molar-refractivity contribution >= 4 is 23.4 Å². The van der Waals surface area contributed by atoms with Gasteiger partial charge in [0.05, 0.1) is 5.02 Å². The van der Waals surface area contributed by atoms with E-state index in [0.29, 0.717) is 15.9 Å². The molecular formula is C15H18ClN3OS. The summed E-state index contributed by atoms with van der Waals surface area (Å²) in [5.41, 5.74) is 1.65. The van der Waals surface area contributed by atoms with Crippen LogP contribution in [0.2, 0.25) is 5.02 Å². The van der Waals surface area contributed by atoms with Crippen LogP contribution in [-0.4, -0.2) is 16.5 Å². The molecule has 0 aliphatic heterocycles. The Kier molecular flexibility index (Phi) is 5.85. The summed E-state index contributed by atoms with van der Waals surface area (Å²) in [5, 5.41) is 4.59. The van der Waals surface area contributed by atoms with Crippen molar-refractivity contribution in [2.75, 3.05) is 6.54 Å². The highest BCUT2D eigenvalue weighted by molar-refractivity contribution is 7.99. The molecule has 0 aliphatic rings. The maximum atomic E-state index is 11.5. The molecule has 0 amide bonds. The highest BCUT2D eigenvalue weighted by Gasteiger charge is 2.10. The maximum Gasteiger partial charge on any atom is 0.251 e. The fourth-order valence-corrected chi connectivity index (χ4v) is 3.18. The first-order valence-electron chi connectivity index (χ1n) is 6.84. The molecule has 2 rings (SSSR count). The fraction of sp³-hybridized carbons (Fsp3) is 0.333. The number of benzene rings is 1. The predicted molar refractivity (Wildman–Crippen MR) is 87.2 cm³/mol. The van der Waals surface area contributed by atoms with Crippen LogP contribution in [0.25, 0.3) is 0 Å². The average Bonchev–Trinajstić information content (AvgIpc) is 2.41. The summed E-state index contributed by atoms with van der Waals surface area (Å²) in [5.74, 6) is 0. The molecule has 0 radical (unpaired) electrons. The van der Waals surface area contributed by atoms with E-state index in [0.717, 1.165) is 30.0 Å². The quantitative estimate of drug-likeness (QED) is 0.632. The molecule has 0 saturated carbocycles. The largest absolute Gasteiger partial charge is 0.313 e. The van der Waals surface area contributed by atoms with Gasteiger partial charge in [-0.2, -0.15) is 0 Å². The number of aryl methyl sites for hydroxylation is 1. The lowest BCUT2D eigenvalue weighted by Gasteiger charge is -2.11. The monoisotopic (exact) mass is 323 g/mol. The van der Waals surface area contributed by atoms with Gasteiger partial charge in [-0.3, -0.25) is 4.79 Å². The number of H-pyrrole nitrogens is 1. The van der Waals surface area contributed by atoms with Gasteiger partial charge < -0.3 is 10.3 Å². The predicted octanol–water partition coefficient (Wildman–Crippen LogP) is 3.38. The zero-order valence-corrected chi connectivity index (χ0v) is 13.6. The third-order valence-corrected chi connectivity index (χ3v) is 4.34. The van der Waals surface area contributed by atoms with E-state index in [1.807, 2.05) is 18.2 Å². The second-order valence-electron chi connectivity index (χ2n) is 4.70. The maximum absolute atomic E-state index is 11.5. The van der Waals surface area contributed by atoms with E-state index in [1.165, 1.54) is 17.8 Å². The zero-order chi connectivity index (χ0) is 15.2. The first-order valence-corrected chi connectivity index (χ1v) is 8.03. The molecule has 0 aliphatic carbocycles. The van der Waals surface area contributed by atoms with E-state index in [-0.39, 0.29) is 5.56 Å². The van der Waals surface area contributed by atoms with E-state index in [4.69, 9.17) is 11.6 Å². The van der Waals surface area contributed by atoms with Gasteiger partial charge in [0.15, 0.2) is 5.16 Å². The van der Waals surface area contributed by atoms with E-state index in [2.05, 4.69) is 22.2 Å². The molecule has 0 atom stereocenters. The summed E-state index contributed by atoms with van der Waals surface area (Å²) >= 11 is 7.69. The number of halogens is 1. The van der Waals surface area contributed by atoms with Gasteiger partial charge in [-0.15, -0.1) is 0 Å². The highest BCUT2D eigenvalue weighted by atomic mass is 35.5. The molecule has 0 bridgehead atoms. The summed E-state index contributed by atoms with van der Waals surface area (Å²) < 4.78 is 0. The summed E-state index contributed by atoms with van der Waals surface area (Å²) in [6.45, 7) is 5.63. The number of hydrogen-bond donors (Lipinski definition) is 2. The highest BCUT2D eigenvalue weighted by Crippen LogP contribution is 2.34. The van der Waals surface area contributed by atoms with Crippen LogP contribution in [-0.2, 0) is 6.54 Å². The van der Waals surface area contributed by atoms with Gasteiger partial charge in [-0.05, 0) is 43.3 Å². The van der Waals surface area contributed by atoms with Gasteiger partial charge in [-0.25, -0.2) is 4.98 Å². The number of aromatic amines is 1. The molecule has 6 heteroatoms. The lowest BCUT2D eigenvalue weighted by molar-refractivity contribution is 0.669. The van der Waals surface area contributed by atoms with Crippen LogP contribution in [0.1, 0.15) is 24.6 Å². The molecular weight excluding hydrogens is 306 g/mol. The number of aromatic nitrogens is 2. The second-order valence-corrected chi connectivity index (χ2v) is 6.11. The first-order chi connectivity index (χ1) is 10.1. The third kappa shape index (κ3) is 4.59. The van der Waals surface area contributed by atoms with E-state index < -0.39 is 0 Å². The number of nitrogens with zero attached hydrogens (tertiary/aromatic N) is 1. The van der Waals surface area contributed by atoms with Gasteiger partial charge in [0, 0.05) is 23.2 Å². The Labute approximate surface area is 133 Å². The SMILES string of the molecule is CCCNCc1cccc(Cl)c1Sc1nc(C)cc(=O)[nH]1. The molecule has 1 aromatic heterocycles. The minimum absolute atomic E-state index is 0.150. The Morgan fingerprint density at radius 1 is 1.43 bits per heavy atom. The van der Waals surface area contributed by atoms with Crippen molar-refractivity contribution in [3.05, 3.63) is 50.9 Å². The van der Waals surface area contributed by atoms with Crippen molar-refractivity contribution < 1.29 is 0 Å². The summed E-state index contributed by atoms with van der Waals surface area (Å²) in [6.07, 6.45) is 1.08. The summed E-state index contributed by atoms with van der Waals surface area (Å²) in [4.78, 5) is 19.5. The van der Waals surface area contributed by atoms with Gasteiger partial charge >= 0.3 is 0 Å². The smallest absolute Gasteiger partial charge is 0.251 e. The van der Waals surface area contributed by atoms with E-state index >= 15 is 0 Å². The molecule has 1 heterocycles. The Morgan fingerprint density at radius 2 is 2.24 bits per heavy atom. The Hall–Kier alpha value is -1.30. The molecule has 0 spiro atoms. The van der Waals surface area contributed by atoms with Crippen LogP contribution in [0.5, 0.6) is 0 Å². The lowest BCUT2D eigenvalue weighted by Crippen LogP contribution is -2.14. The van der Waals surface area contributed by atoms with E-state index in [1.54, 1.807) is 6.92 Å².